The number of hydrogen-bond donors (Lipinski definition) is 2. The number of anilines is 1. The van der Waals surface area contributed by atoms with Gasteiger partial charge in [-0.15, -0.1) is 0 Å². The first-order chi connectivity index (χ1) is 14.0. The second-order valence-corrected chi connectivity index (χ2v) is 6.44. The molecule has 6 heteroatoms. The highest BCUT2D eigenvalue weighted by Gasteiger charge is 2.25. The zero-order chi connectivity index (χ0) is 20.4. The molecule has 142 valence electrons. The molecule has 0 aliphatic rings. The summed E-state index contributed by atoms with van der Waals surface area (Å²) in [6.07, 6.45) is 1.73. The standard InChI is InChI=1S/C23H16N2O4/c26-21(22(27)24-17-10-6-9-16(13-17)23(28)29)20-19(15-7-2-1-3-8-15)14-18-11-4-5-12-25(18)20/h1-14H,(H,24,27)(H,28,29). The molecule has 2 aromatic carbocycles. The van der Waals surface area contributed by atoms with E-state index in [1.807, 2.05) is 48.5 Å². The molecule has 0 radical (unpaired) electrons. The lowest BCUT2D eigenvalue weighted by molar-refractivity contribution is -0.112. The number of amides is 1. The molecule has 0 atom stereocenters. The average Bonchev–Trinajstić information content (AvgIpc) is 3.13. The van der Waals surface area contributed by atoms with Crippen LogP contribution in [0.3, 0.4) is 0 Å². The number of benzene rings is 2. The minimum atomic E-state index is -1.11. The van der Waals surface area contributed by atoms with Gasteiger partial charge in [0.25, 0.3) is 11.7 Å². The van der Waals surface area contributed by atoms with Gasteiger partial charge in [0.15, 0.2) is 0 Å². The number of carboxylic acids is 1. The normalized spacial score (nSPS) is 10.6. The van der Waals surface area contributed by atoms with Gasteiger partial charge in [-0.2, -0.15) is 0 Å². The fraction of sp³-hybridized carbons (Fsp3) is 0. The van der Waals surface area contributed by atoms with Crippen LogP contribution in [0.5, 0.6) is 0 Å². The van der Waals surface area contributed by atoms with Crippen LogP contribution in [0.4, 0.5) is 5.69 Å². The number of nitrogens with zero attached hydrogens (tertiary/aromatic N) is 1. The van der Waals surface area contributed by atoms with E-state index in [1.54, 1.807) is 16.7 Å². The lowest BCUT2D eigenvalue weighted by atomic mass is 10.0. The summed E-state index contributed by atoms with van der Waals surface area (Å²) in [5.41, 5.74) is 2.77. The van der Waals surface area contributed by atoms with E-state index in [9.17, 15) is 14.4 Å². The minimum absolute atomic E-state index is 0.0216. The third-order valence-corrected chi connectivity index (χ3v) is 4.55. The van der Waals surface area contributed by atoms with Crippen LogP contribution in [0.25, 0.3) is 16.6 Å². The Labute approximate surface area is 166 Å². The average molecular weight is 384 g/mol. The number of Topliss-reactive ketones (excluding diaryl/α,β-unsaturated/α-hetero) is 1. The number of aromatic nitrogens is 1. The summed E-state index contributed by atoms with van der Waals surface area (Å²) in [5.74, 6) is -2.67. The van der Waals surface area contributed by atoms with Crippen molar-refractivity contribution in [3.8, 4) is 11.1 Å². The summed E-state index contributed by atoms with van der Waals surface area (Å²) in [6.45, 7) is 0. The predicted molar refractivity (Wildman–Crippen MR) is 109 cm³/mol. The van der Waals surface area contributed by atoms with Crippen molar-refractivity contribution in [3.05, 3.63) is 96.3 Å². The summed E-state index contributed by atoms with van der Waals surface area (Å²) >= 11 is 0. The molecule has 0 aliphatic heterocycles. The van der Waals surface area contributed by atoms with Gasteiger partial charge in [0, 0.05) is 23.0 Å². The maximum absolute atomic E-state index is 13.1. The topological polar surface area (TPSA) is 87.9 Å². The largest absolute Gasteiger partial charge is 0.478 e. The zero-order valence-electron chi connectivity index (χ0n) is 15.2. The number of aromatic carboxylic acids is 1. The number of carbonyl (C=O) groups excluding carboxylic acids is 2. The third-order valence-electron chi connectivity index (χ3n) is 4.55. The second-order valence-electron chi connectivity index (χ2n) is 6.44. The Hall–Kier alpha value is -4.19. The third kappa shape index (κ3) is 3.51. The van der Waals surface area contributed by atoms with Crippen LogP contribution in [0.2, 0.25) is 0 Å². The summed E-state index contributed by atoms with van der Waals surface area (Å²) in [4.78, 5) is 36.9. The Morgan fingerprint density at radius 2 is 1.59 bits per heavy atom. The van der Waals surface area contributed by atoms with E-state index in [2.05, 4.69) is 5.32 Å². The summed E-state index contributed by atoms with van der Waals surface area (Å²) in [5, 5.41) is 11.6. The fourth-order valence-corrected chi connectivity index (χ4v) is 3.22. The molecule has 6 nitrogen and oxygen atoms in total. The van der Waals surface area contributed by atoms with Gasteiger partial charge >= 0.3 is 5.97 Å². The van der Waals surface area contributed by atoms with Gasteiger partial charge in [-0.25, -0.2) is 4.79 Å². The van der Waals surface area contributed by atoms with Gasteiger partial charge in [0.05, 0.1) is 5.56 Å². The number of carbonyl (C=O) groups is 3. The molecule has 0 aliphatic carbocycles. The molecule has 2 aromatic heterocycles. The number of fused-ring (bicyclic) bond motifs is 1. The fourth-order valence-electron chi connectivity index (χ4n) is 3.22. The van der Waals surface area contributed by atoms with Crippen molar-refractivity contribution >= 4 is 28.9 Å². The van der Waals surface area contributed by atoms with Gasteiger partial charge in [-0.05, 0) is 42.0 Å². The number of ketones is 1. The van der Waals surface area contributed by atoms with Crippen LogP contribution in [-0.4, -0.2) is 27.2 Å². The lowest BCUT2D eigenvalue weighted by Crippen LogP contribution is -2.24. The van der Waals surface area contributed by atoms with E-state index in [-0.39, 0.29) is 16.9 Å². The van der Waals surface area contributed by atoms with Crippen molar-refractivity contribution in [2.24, 2.45) is 0 Å². The highest BCUT2D eigenvalue weighted by molar-refractivity contribution is 6.47. The van der Waals surface area contributed by atoms with E-state index in [4.69, 9.17) is 5.11 Å². The number of nitrogens with one attached hydrogen (secondary N) is 1. The summed E-state index contributed by atoms with van der Waals surface area (Å²) in [7, 11) is 0. The molecule has 0 saturated heterocycles. The summed E-state index contributed by atoms with van der Waals surface area (Å²) in [6, 6.07) is 22.5. The molecule has 4 rings (SSSR count). The van der Waals surface area contributed by atoms with Gasteiger partial charge in [-0.3, -0.25) is 9.59 Å². The van der Waals surface area contributed by atoms with Crippen molar-refractivity contribution in [1.29, 1.82) is 0 Å². The second kappa shape index (κ2) is 7.44. The maximum Gasteiger partial charge on any atom is 0.335 e. The van der Waals surface area contributed by atoms with E-state index < -0.39 is 17.7 Å². The highest BCUT2D eigenvalue weighted by atomic mass is 16.4. The Balaban J connectivity index is 1.74. The molecule has 29 heavy (non-hydrogen) atoms. The molecule has 1 amide bonds. The van der Waals surface area contributed by atoms with Crippen molar-refractivity contribution in [3.63, 3.8) is 0 Å². The molecule has 0 unspecified atom stereocenters. The van der Waals surface area contributed by atoms with Crippen molar-refractivity contribution in [2.45, 2.75) is 0 Å². The molecule has 2 N–H and O–H groups in total. The molecule has 0 spiro atoms. The molecular formula is C23H16N2O4. The van der Waals surface area contributed by atoms with Gasteiger partial charge in [0.2, 0.25) is 0 Å². The van der Waals surface area contributed by atoms with Crippen LogP contribution in [0.1, 0.15) is 20.8 Å². The Kier molecular flexibility index (Phi) is 4.66. The van der Waals surface area contributed by atoms with Crippen LogP contribution < -0.4 is 5.32 Å². The molecule has 4 aromatic rings. The van der Waals surface area contributed by atoms with E-state index in [1.165, 1.54) is 24.3 Å². The maximum atomic E-state index is 13.1. The van der Waals surface area contributed by atoms with Gasteiger partial charge < -0.3 is 14.8 Å². The number of hydrogen-bond acceptors (Lipinski definition) is 3. The predicted octanol–water partition coefficient (Wildman–Crippen LogP) is 4.13. The monoisotopic (exact) mass is 384 g/mol. The Morgan fingerprint density at radius 1 is 0.828 bits per heavy atom. The SMILES string of the molecule is O=C(Nc1cccc(C(=O)O)c1)C(=O)c1c(-c2ccccc2)cc2ccccn12. The van der Waals surface area contributed by atoms with E-state index in [0.29, 0.717) is 5.56 Å². The molecule has 0 fully saturated rings. The van der Waals surface area contributed by atoms with Crippen molar-refractivity contribution in [2.75, 3.05) is 5.32 Å². The zero-order valence-corrected chi connectivity index (χ0v) is 15.2. The number of carboxylic acid groups (broad SMARTS) is 1. The first-order valence-corrected chi connectivity index (χ1v) is 8.89. The number of pyridine rings is 1. The molecule has 0 bridgehead atoms. The summed E-state index contributed by atoms with van der Waals surface area (Å²) < 4.78 is 1.68. The van der Waals surface area contributed by atoms with Crippen molar-refractivity contribution in [1.82, 2.24) is 4.40 Å². The van der Waals surface area contributed by atoms with E-state index in [0.717, 1.165) is 11.1 Å². The Bertz CT molecular complexity index is 1240. The molecular weight excluding hydrogens is 368 g/mol. The first kappa shape index (κ1) is 18.2. The highest BCUT2D eigenvalue weighted by Crippen LogP contribution is 2.28. The van der Waals surface area contributed by atoms with Gasteiger partial charge in [-0.1, -0.05) is 42.5 Å². The van der Waals surface area contributed by atoms with Crippen LogP contribution in [-0.2, 0) is 4.79 Å². The van der Waals surface area contributed by atoms with Crippen LogP contribution in [0.15, 0.2) is 85.1 Å². The molecule has 0 saturated carbocycles. The smallest absolute Gasteiger partial charge is 0.335 e. The number of rotatable bonds is 5. The first-order valence-electron chi connectivity index (χ1n) is 8.89. The van der Waals surface area contributed by atoms with Crippen LogP contribution in [0, 0.1) is 0 Å². The Morgan fingerprint density at radius 3 is 2.34 bits per heavy atom. The quantitative estimate of drug-likeness (QED) is 0.400. The van der Waals surface area contributed by atoms with Crippen molar-refractivity contribution < 1.29 is 19.5 Å². The molecule has 2 heterocycles. The minimum Gasteiger partial charge on any atom is -0.478 e. The lowest BCUT2D eigenvalue weighted by Gasteiger charge is -2.08. The van der Waals surface area contributed by atoms with Crippen LogP contribution >= 0.6 is 0 Å². The van der Waals surface area contributed by atoms with E-state index >= 15 is 0 Å². The van der Waals surface area contributed by atoms with Gasteiger partial charge in [0.1, 0.15) is 5.69 Å².